The molecule has 1 N–H and O–H groups in total. The highest BCUT2D eigenvalue weighted by Crippen LogP contribution is 2.45. The first-order chi connectivity index (χ1) is 16.9. The standard InChI is InChI=1S/C29H30N4S/c1-4-10-23(11-5-1)29(24-12-6-2-7-13-24,25-14-8-3-9-15-25)33-19-16-26-27(22-33)34-28(31-26)32-20-17-30-18-21-32/h1-15,30H,16-22H2. The van der Waals surface area contributed by atoms with Gasteiger partial charge in [-0.25, -0.2) is 4.98 Å². The van der Waals surface area contributed by atoms with Gasteiger partial charge < -0.3 is 10.2 Å². The van der Waals surface area contributed by atoms with E-state index in [1.165, 1.54) is 32.4 Å². The predicted octanol–water partition coefficient (Wildman–Crippen LogP) is 4.90. The van der Waals surface area contributed by atoms with Crippen molar-refractivity contribution in [2.24, 2.45) is 0 Å². The summed E-state index contributed by atoms with van der Waals surface area (Å²) in [6.45, 7) is 6.02. The Kier molecular flexibility index (Phi) is 5.91. The van der Waals surface area contributed by atoms with Gasteiger partial charge in [0.05, 0.1) is 11.2 Å². The van der Waals surface area contributed by atoms with Crippen LogP contribution in [0.1, 0.15) is 27.3 Å². The van der Waals surface area contributed by atoms with Crippen molar-refractivity contribution in [1.82, 2.24) is 15.2 Å². The summed E-state index contributed by atoms with van der Waals surface area (Å²) in [6.07, 6.45) is 0.978. The predicted molar refractivity (Wildman–Crippen MR) is 141 cm³/mol. The molecule has 6 rings (SSSR count). The normalized spacial score (nSPS) is 16.9. The van der Waals surface area contributed by atoms with E-state index in [-0.39, 0.29) is 5.54 Å². The Hall–Kier alpha value is -2.99. The smallest absolute Gasteiger partial charge is 0.185 e. The molecule has 0 spiro atoms. The fourth-order valence-corrected chi connectivity index (χ4v) is 6.72. The summed E-state index contributed by atoms with van der Waals surface area (Å²) in [5.41, 5.74) is 4.85. The van der Waals surface area contributed by atoms with Crippen LogP contribution in [0.3, 0.4) is 0 Å². The van der Waals surface area contributed by atoms with Gasteiger partial charge in [-0.05, 0) is 16.7 Å². The zero-order valence-corrected chi connectivity index (χ0v) is 20.2. The minimum absolute atomic E-state index is 0.360. The number of hydrogen-bond donors (Lipinski definition) is 1. The Labute approximate surface area is 205 Å². The number of thiazole rings is 1. The third-order valence-electron chi connectivity index (χ3n) is 7.16. The maximum absolute atomic E-state index is 5.10. The summed E-state index contributed by atoms with van der Waals surface area (Å²) in [7, 11) is 0. The maximum atomic E-state index is 5.10. The van der Waals surface area contributed by atoms with Crippen LogP contribution in [-0.2, 0) is 18.5 Å². The second-order valence-electron chi connectivity index (χ2n) is 9.08. The highest BCUT2D eigenvalue weighted by atomic mass is 32.1. The van der Waals surface area contributed by atoms with Gasteiger partial charge in [-0.3, -0.25) is 4.90 Å². The van der Waals surface area contributed by atoms with Crippen LogP contribution < -0.4 is 10.2 Å². The number of fused-ring (bicyclic) bond motifs is 1. The number of nitrogens with zero attached hydrogens (tertiary/aromatic N) is 3. The average Bonchev–Trinajstić information content (AvgIpc) is 3.35. The van der Waals surface area contributed by atoms with Crippen molar-refractivity contribution in [3.8, 4) is 0 Å². The van der Waals surface area contributed by atoms with E-state index in [1.54, 1.807) is 0 Å². The Bertz CT molecular complexity index is 1120. The number of nitrogens with one attached hydrogen (secondary N) is 1. The lowest BCUT2D eigenvalue weighted by atomic mass is 9.75. The van der Waals surface area contributed by atoms with Gasteiger partial charge in [0.25, 0.3) is 0 Å². The number of hydrogen-bond acceptors (Lipinski definition) is 5. The largest absolute Gasteiger partial charge is 0.346 e. The Morgan fingerprint density at radius 3 is 1.76 bits per heavy atom. The molecule has 34 heavy (non-hydrogen) atoms. The van der Waals surface area contributed by atoms with Crippen LogP contribution in [0.4, 0.5) is 5.13 Å². The van der Waals surface area contributed by atoms with Crippen molar-refractivity contribution in [3.63, 3.8) is 0 Å². The van der Waals surface area contributed by atoms with Crippen molar-refractivity contribution in [3.05, 3.63) is 118 Å². The minimum atomic E-state index is -0.360. The van der Waals surface area contributed by atoms with E-state index in [4.69, 9.17) is 4.98 Å². The molecule has 4 nitrogen and oxygen atoms in total. The molecule has 0 amide bonds. The first kappa shape index (κ1) is 21.5. The van der Waals surface area contributed by atoms with Crippen LogP contribution in [0.15, 0.2) is 91.0 Å². The lowest BCUT2D eigenvalue weighted by molar-refractivity contribution is 0.141. The summed E-state index contributed by atoms with van der Waals surface area (Å²) in [6, 6.07) is 33.1. The molecule has 1 saturated heterocycles. The van der Waals surface area contributed by atoms with Crippen LogP contribution in [0.2, 0.25) is 0 Å². The fraction of sp³-hybridized carbons (Fsp3) is 0.276. The van der Waals surface area contributed by atoms with Gasteiger partial charge in [0.15, 0.2) is 5.13 Å². The second kappa shape index (κ2) is 9.34. The molecule has 0 bridgehead atoms. The van der Waals surface area contributed by atoms with Gasteiger partial charge in [-0.2, -0.15) is 0 Å². The van der Waals surface area contributed by atoms with Gasteiger partial charge in [0.2, 0.25) is 0 Å². The highest BCUT2D eigenvalue weighted by molar-refractivity contribution is 7.15. The van der Waals surface area contributed by atoms with Crippen LogP contribution in [-0.4, -0.2) is 42.6 Å². The molecule has 172 valence electrons. The zero-order valence-electron chi connectivity index (χ0n) is 19.4. The average molecular weight is 467 g/mol. The van der Waals surface area contributed by atoms with E-state index in [1.807, 2.05) is 11.3 Å². The monoisotopic (exact) mass is 466 g/mol. The topological polar surface area (TPSA) is 31.4 Å². The molecule has 0 saturated carbocycles. The van der Waals surface area contributed by atoms with Crippen LogP contribution in [0, 0.1) is 0 Å². The van der Waals surface area contributed by atoms with E-state index in [0.717, 1.165) is 45.7 Å². The number of benzene rings is 3. The molecular weight excluding hydrogens is 436 g/mol. The molecule has 1 fully saturated rings. The summed E-state index contributed by atoms with van der Waals surface area (Å²) in [4.78, 5) is 11.6. The molecule has 2 aliphatic rings. The molecule has 0 unspecified atom stereocenters. The Balaban J connectivity index is 1.47. The summed E-state index contributed by atoms with van der Waals surface area (Å²) in [5.74, 6) is 0. The van der Waals surface area contributed by atoms with Crippen molar-refractivity contribution >= 4 is 16.5 Å². The lowest BCUT2D eigenvalue weighted by Gasteiger charge is -2.47. The molecule has 5 heteroatoms. The second-order valence-corrected chi connectivity index (χ2v) is 10.1. The molecule has 3 heterocycles. The lowest BCUT2D eigenvalue weighted by Crippen LogP contribution is -2.50. The van der Waals surface area contributed by atoms with Crippen molar-refractivity contribution in [1.29, 1.82) is 0 Å². The number of rotatable bonds is 5. The van der Waals surface area contributed by atoms with Gasteiger partial charge in [0, 0.05) is 50.6 Å². The molecular formula is C29H30N4S. The molecule has 0 atom stereocenters. The molecule has 2 aliphatic heterocycles. The van der Waals surface area contributed by atoms with E-state index < -0.39 is 0 Å². The fourth-order valence-electron chi connectivity index (χ4n) is 5.55. The quantitative estimate of drug-likeness (QED) is 0.424. The van der Waals surface area contributed by atoms with Gasteiger partial charge in [0.1, 0.15) is 0 Å². The third kappa shape index (κ3) is 3.74. The first-order valence-corrected chi connectivity index (χ1v) is 13.0. The van der Waals surface area contributed by atoms with Crippen LogP contribution in [0.25, 0.3) is 0 Å². The Morgan fingerprint density at radius 1 is 0.706 bits per heavy atom. The van der Waals surface area contributed by atoms with Gasteiger partial charge in [-0.1, -0.05) is 91.0 Å². The minimum Gasteiger partial charge on any atom is -0.346 e. The number of aromatic nitrogens is 1. The molecule has 3 aromatic carbocycles. The van der Waals surface area contributed by atoms with Crippen molar-refractivity contribution in [2.75, 3.05) is 37.6 Å². The van der Waals surface area contributed by atoms with Crippen molar-refractivity contribution < 1.29 is 0 Å². The summed E-state index contributed by atoms with van der Waals surface area (Å²) >= 11 is 1.89. The van der Waals surface area contributed by atoms with Crippen LogP contribution in [0.5, 0.6) is 0 Å². The maximum Gasteiger partial charge on any atom is 0.185 e. The van der Waals surface area contributed by atoms with E-state index in [0.29, 0.717) is 0 Å². The zero-order chi connectivity index (χ0) is 22.8. The molecule has 0 radical (unpaired) electrons. The Morgan fingerprint density at radius 2 is 1.24 bits per heavy atom. The van der Waals surface area contributed by atoms with Gasteiger partial charge in [-0.15, -0.1) is 11.3 Å². The van der Waals surface area contributed by atoms with Crippen molar-refractivity contribution in [2.45, 2.75) is 18.5 Å². The van der Waals surface area contributed by atoms with E-state index in [2.05, 4.69) is 106 Å². The van der Waals surface area contributed by atoms with E-state index in [9.17, 15) is 0 Å². The SMILES string of the molecule is c1ccc(C(c2ccccc2)(c2ccccc2)N2CCc3nc(N4CCNCC4)sc3C2)cc1. The first-order valence-electron chi connectivity index (χ1n) is 12.2. The number of piperazine rings is 1. The van der Waals surface area contributed by atoms with Gasteiger partial charge >= 0.3 is 0 Å². The summed E-state index contributed by atoms with van der Waals surface area (Å²) in [5, 5.41) is 4.65. The molecule has 4 aromatic rings. The van der Waals surface area contributed by atoms with Crippen LogP contribution >= 0.6 is 11.3 Å². The molecule has 0 aliphatic carbocycles. The number of anilines is 1. The third-order valence-corrected chi connectivity index (χ3v) is 8.30. The van der Waals surface area contributed by atoms with E-state index >= 15 is 0 Å². The summed E-state index contributed by atoms with van der Waals surface area (Å²) < 4.78 is 0. The highest BCUT2D eigenvalue weighted by Gasteiger charge is 2.43. The molecule has 1 aromatic heterocycles.